The molecule has 2 N–H and O–H groups in total. The van der Waals surface area contributed by atoms with E-state index in [-0.39, 0.29) is 12.1 Å². The minimum Gasteiger partial charge on any atom is -0.481 e. The van der Waals surface area contributed by atoms with Crippen LogP contribution >= 0.6 is 0 Å². The highest BCUT2D eigenvalue weighted by Gasteiger charge is 2.24. The van der Waals surface area contributed by atoms with Crippen LogP contribution in [0.5, 0.6) is 0 Å². The Kier molecular flexibility index (Phi) is 5.07. The van der Waals surface area contributed by atoms with E-state index in [1.807, 2.05) is 0 Å². The van der Waals surface area contributed by atoms with Gasteiger partial charge >= 0.3 is 12.1 Å². The third kappa shape index (κ3) is 4.87. The number of amides is 1. The largest absolute Gasteiger partial charge is 0.481 e. The average Bonchev–Trinajstić information content (AvgIpc) is 2.28. The van der Waals surface area contributed by atoms with E-state index >= 15 is 0 Å². The molecule has 0 aliphatic rings. The molecule has 0 fully saturated rings. The number of halogens is 1. The third-order valence-electron chi connectivity index (χ3n) is 2.43. The van der Waals surface area contributed by atoms with Gasteiger partial charge in [-0.05, 0) is 26.8 Å². The number of nitrogens with one attached hydrogen (secondary N) is 1. The Morgan fingerprint density at radius 2 is 1.95 bits per heavy atom. The lowest BCUT2D eigenvalue weighted by atomic mass is 9.99. The molecule has 1 rings (SSSR count). The number of benzene rings is 1. The number of carbonyl (C=O) groups is 2. The van der Waals surface area contributed by atoms with Crippen molar-refractivity contribution in [1.82, 2.24) is 5.32 Å². The van der Waals surface area contributed by atoms with E-state index in [2.05, 4.69) is 5.32 Å². The van der Waals surface area contributed by atoms with Crippen molar-refractivity contribution in [3.8, 4) is 0 Å². The quantitative estimate of drug-likeness (QED) is 0.890. The highest BCUT2D eigenvalue weighted by molar-refractivity contribution is 5.77. The number of carboxylic acids is 1. The number of carboxylic acid groups (broad SMARTS) is 1. The summed E-state index contributed by atoms with van der Waals surface area (Å²) in [7, 11) is 0. The maximum atomic E-state index is 13.6. The van der Waals surface area contributed by atoms with Crippen molar-refractivity contribution in [3.63, 3.8) is 0 Å². The molecule has 1 amide bonds. The normalized spacial score (nSPS) is 12.6. The second-order valence-electron chi connectivity index (χ2n) is 5.30. The van der Waals surface area contributed by atoms with Gasteiger partial charge in [0.15, 0.2) is 0 Å². The molecule has 0 saturated heterocycles. The van der Waals surface area contributed by atoms with Crippen LogP contribution in [0.2, 0.25) is 0 Å². The number of rotatable bonds is 4. The lowest BCUT2D eigenvalue weighted by Gasteiger charge is -2.21. The van der Waals surface area contributed by atoms with Crippen molar-refractivity contribution < 1.29 is 23.8 Å². The highest BCUT2D eigenvalue weighted by Crippen LogP contribution is 2.19. The van der Waals surface area contributed by atoms with Crippen molar-refractivity contribution in [2.75, 3.05) is 6.54 Å². The van der Waals surface area contributed by atoms with Crippen molar-refractivity contribution in [3.05, 3.63) is 35.6 Å². The molecule has 0 aliphatic heterocycles. The predicted octanol–water partition coefficient (Wildman–Crippen LogP) is 2.52. The molecule has 1 unspecified atom stereocenters. The summed E-state index contributed by atoms with van der Waals surface area (Å²) < 4.78 is 18.6. The second-order valence-corrected chi connectivity index (χ2v) is 5.30. The molecule has 0 bridgehead atoms. The number of hydrogen-bond acceptors (Lipinski definition) is 3. The van der Waals surface area contributed by atoms with Crippen molar-refractivity contribution >= 4 is 12.1 Å². The Balaban J connectivity index is 2.73. The summed E-state index contributed by atoms with van der Waals surface area (Å²) in [6, 6.07) is 5.57. The number of alkyl carbamates (subject to hydrolysis) is 1. The lowest BCUT2D eigenvalue weighted by Crippen LogP contribution is -2.36. The van der Waals surface area contributed by atoms with Gasteiger partial charge in [0.25, 0.3) is 0 Å². The highest BCUT2D eigenvalue weighted by atomic mass is 19.1. The van der Waals surface area contributed by atoms with E-state index in [1.54, 1.807) is 26.8 Å². The average molecular weight is 283 g/mol. The zero-order valence-electron chi connectivity index (χ0n) is 11.6. The lowest BCUT2D eigenvalue weighted by molar-refractivity contribution is -0.138. The Bertz CT molecular complexity index is 496. The maximum Gasteiger partial charge on any atom is 0.407 e. The first-order valence-electron chi connectivity index (χ1n) is 6.15. The van der Waals surface area contributed by atoms with Crippen LogP contribution in [-0.4, -0.2) is 29.3 Å². The first-order chi connectivity index (χ1) is 9.20. The summed E-state index contributed by atoms with van der Waals surface area (Å²) in [5, 5.41) is 11.5. The fraction of sp³-hybridized carbons (Fsp3) is 0.429. The molecule has 0 saturated carbocycles. The summed E-state index contributed by atoms with van der Waals surface area (Å²) in [6.45, 7) is 4.83. The molecule has 5 nitrogen and oxygen atoms in total. The molecule has 1 aromatic carbocycles. The fourth-order valence-electron chi connectivity index (χ4n) is 1.59. The second kappa shape index (κ2) is 6.36. The van der Waals surface area contributed by atoms with Gasteiger partial charge in [-0.15, -0.1) is 0 Å². The topological polar surface area (TPSA) is 75.6 Å². The third-order valence-corrected chi connectivity index (χ3v) is 2.43. The van der Waals surface area contributed by atoms with E-state index < -0.39 is 29.4 Å². The van der Waals surface area contributed by atoms with Gasteiger partial charge in [0.1, 0.15) is 17.3 Å². The zero-order valence-corrected chi connectivity index (χ0v) is 11.6. The smallest absolute Gasteiger partial charge is 0.407 e. The van der Waals surface area contributed by atoms with Gasteiger partial charge in [0.05, 0.1) is 0 Å². The van der Waals surface area contributed by atoms with Crippen molar-refractivity contribution in [1.29, 1.82) is 0 Å². The summed E-state index contributed by atoms with van der Waals surface area (Å²) in [5.41, 5.74) is -0.656. The van der Waals surface area contributed by atoms with Crippen molar-refractivity contribution in [2.24, 2.45) is 0 Å². The molecule has 0 spiro atoms. The van der Waals surface area contributed by atoms with E-state index in [4.69, 9.17) is 9.84 Å². The number of ether oxygens (including phenoxy) is 1. The number of aliphatic carboxylic acids is 1. The Morgan fingerprint density at radius 3 is 2.45 bits per heavy atom. The van der Waals surface area contributed by atoms with Crippen LogP contribution in [0.15, 0.2) is 24.3 Å². The van der Waals surface area contributed by atoms with Crippen LogP contribution in [0.1, 0.15) is 32.3 Å². The first-order valence-corrected chi connectivity index (χ1v) is 6.15. The molecule has 0 aliphatic carbocycles. The molecule has 6 heteroatoms. The fourth-order valence-corrected chi connectivity index (χ4v) is 1.59. The van der Waals surface area contributed by atoms with Gasteiger partial charge < -0.3 is 15.2 Å². The molecule has 0 aromatic heterocycles. The summed E-state index contributed by atoms with van der Waals surface area (Å²) in [6.07, 6.45) is -0.736. The minimum absolute atomic E-state index is 0.0241. The van der Waals surface area contributed by atoms with Crippen LogP contribution in [-0.2, 0) is 9.53 Å². The molecule has 1 atom stereocenters. The van der Waals surface area contributed by atoms with E-state index in [0.717, 1.165) is 0 Å². The maximum absolute atomic E-state index is 13.6. The predicted molar refractivity (Wildman–Crippen MR) is 71.0 cm³/mol. The number of carbonyl (C=O) groups excluding carboxylic acids is 1. The van der Waals surface area contributed by atoms with Crippen LogP contribution in [0.3, 0.4) is 0 Å². The number of hydrogen-bond donors (Lipinski definition) is 2. The Labute approximate surface area is 116 Å². The Morgan fingerprint density at radius 1 is 1.35 bits per heavy atom. The molecule has 0 radical (unpaired) electrons. The molecular formula is C14H18FNO4. The van der Waals surface area contributed by atoms with Gasteiger partial charge in [0.2, 0.25) is 0 Å². The van der Waals surface area contributed by atoms with Gasteiger partial charge in [-0.1, -0.05) is 18.2 Å². The molecule has 0 heterocycles. The standard InChI is InChI=1S/C14H18FNO4/c1-14(2,3)20-13(19)16-8-10(12(17)18)9-6-4-5-7-11(9)15/h4-7,10H,8H2,1-3H3,(H,16,19)(H,17,18). The van der Waals surface area contributed by atoms with Crippen LogP contribution in [0.25, 0.3) is 0 Å². The van der Waals surface area contributed by atoms with Crippen LogP contribution < -0.4 is 5.32 Å². The monoisotopic (exact) mass is 283 g/mol. The van der Waals surface area contributed by atoms with Gasteiger partial charge in [-0.2, -0.15) is 0 Å². The summed E-state index contributed by atoms with van der Waals surface area (Å²) >= 11 is 0. The van der Waals surface area contributed by atoms with Gasteiger partial charge in [0, 0.05) is 12.1 Å². The SMILES string of the molecule is CC(C)(C)OC(=O)NCC(C(=O)O)c1ccccc1F. The van der Waals surface area contributed by atoms with Crippen LogP contribution in [0.4, 0.5) is 9.18 Å². The Hall–Kier alpha value is -2.11. The van der Waals surface area contributed by atoms with Gasteiger partial charge in [-0.25, -0.2) is 9.18 Å². The van der Waals surface area contributed by atoms with Crippen LogP contribution in [0, 0.1) is 5.82 Å². The van der Waals surface area contributed by atoms with Crippen molar-refractivity contribution in [2.45, 2.75) is 32.3 Å². The molecule has 110 valence electrons. The first kappa shape index (κ1) is 15.9. The van der Waals surface area contributed by atoms with Gasteiger partial charge in [-0.3, -0.25) is 4.79 Å². The molecule has 1 aromatic rings. The van der Waals surface area contributed by atoms with E-state index in [0.29, 0.717) is 0 Å². The van der Waals surface area contributed by atoms with E-state index in [1.165, 1.54) is 18.2 Å². The summed E-state index contributed by atoms with van der Waals surface area (Å²) in [4.78, 5) is 22.7. The zero-order chi connectivity index (χ0) is 15.3. The molecular weight excluding hydrogens is 265 g/mol. The van der Waals surface area contributed by atoms with E-state index in [9.17, 15) is 14.0 Å². The minimum atomic E-state index is -1.22. The summed E-state index contributed by atoms with van der Waals surface area (Å²) in [5.74, 6) is -3.00. The molecule has 20 heavy (non-hydrogen) atoms.